The second-order valence-electron chi connectivity index (χ2n) is 4.74. The van der Waals surface area contributed by atoms with E-state index in [1.165, 1.54) is 12.2 Å². The molecule has 1 atom stereocenters. The fraction of sp³-hybridized carbons (Fsp3) is 0.500. The van der Waals surface area contributed by atoms with Gasteiger partial charge in [-0.15, -0.1) is 0 Å². The Balaban J connectivity index is 2.68. The molecule has 0 radical (unpaired) electrons. The van der Waals surface area contributed by atoms with Crippen LogP contribution in [-0.4, -0.2) is 45.1 Å². The van der Waals surface area contributed by atoms with Gasteiger partial charge < -0.3 is 15.4 Å². The number of H-pyrrole nitrogens is 2. The topological polar surface area (TPSA) is 115 Å². The molecule has 0 aliphatic rings. The van der Waals surface area contributed by atoms with Gasteiger partial charge in [-0.05, 0) is 25.2 Å². The van der Waals surface area contributed by atoms with Crippen molar-refractivity contribution in [2.45, 2.75) is 26.3 Å². The highest BCUT2D eigenvalue weighted by atomic mass is 32.2. The number of hydrogen-bond donors (Lipinski definition) is 4. The number of aryl methyl sites for hydroxylation is 1. The zero-order valence-corrected chi connectivity index (χ0v) is 13.5. The van der Waals surface area contributed by atoms with Crippen LogP contribution in [0.15, 0.2) is 15.7 Å². The van der Waals surface area contributed by atoms with Gasteiger partial charge in [0.15, 0.2) is 0 Å². The Hall–Kier alpha value is -1.80. The average Bonchev–Trinajstić information content (AvgIpc) is 2.45. The number of hydrogen-bond acceptors (Lipinski definition) is 5. The first-order valence-corrected chi connectivity index (χ1v) is 8.13. The minimum absolute atomic E-state index is 0.144. The van der Waals surface area contributed by atoms with Crippen LogP contribution in [0.25, 0.3) is 6.08 Å². The van der Waals surface area contributed by atoms with Crippen LogP contribution in [0.1, 0.15) is 24.6 Å². The second kappa shape index (κ2) is 9.26. The van der Waals surface area contributed by atoms with E-state index in [1.807, 2.05) is 0 Å². The van der Waals surface area contributed by atoms with Crippen molar-refractivity contribution < 1.29 is 9.90 Å². The summed E-state index contributed by atoms with van der Waals surface area (Å²) < 4.78 is 0. The van der Waals surface area contributed by atoms with E-state index in [4.69, 9.17) is 0 Å². The average molecular weight is 327 g/mol. The third-order valence-electron chi connectivity index (χ3n) is 2.81. The van der Waals surface area contributed by atoms with Crippen LogP contribution < -0.4 is 16.6 Å². The van der Waals surface area contributed by atoms with Crippen molar-refractivity contribution >= 4 is 23.7 Å². The molecule has 1 heterocycles. The van der Waals surface area contributed by atoms with Gasteiger partial charge in [-0.3, -0.25) is 14.6 Å². The molecule has 0 aliphatic carbocycles. The fourth-order valence-electron chi connectivity index (χ4n) is 1.73. The van der Waals surface area contributed by atoms with Crippen LogP contribution in [0.4, 0.5) is 0 Å². The van der Waals surface area contributed by atoms with Crippen LogP contribution in [-0.2, 0) is 4.79 Å². The molecule has 0 saturated carbocycles. The van der Waals surface area contributed by atoms with Gasteiger partial charge in [-0.1, -0.05) is 6.92 Å². The molecule has 1 amide bonds. The molecule has 0 saturated heterocycles. The summed E-state index contributed by atoms with van der Waals surface area (Å²) in [6.07, 6.45) is 3.58. The van der Waals surface area contributed by atoms with E-state index in [0.717, 1.165) is 12.2 Å². The Labute approximate surface area is 132 Å². The Morgan fingerprint density at radius 3 is 2.73 bits per heavy atom. The molecule has 1 rings (SSSR count). The van der Waals surface area contributed by atoms with Crippen molar-refractivity contribution in [2.75, 3.05) is 18.1 Å². The Morgan fingerprint density at radius 2 is 2.14 bits per heavy atom. The van der Waals surface area contributed by atoms with Crippen LogP contribution in [0.5, 0.6) is 0 Å². The lowest BCUT2D eigenvalue weighted by molar-refractivity contribution is -0.117. The van der Waals surface area contributed by atoms with Crippen molar-refractivity contribution in [3.05, 3.63) is 38.2 Å². The molecule has 0 aromatic carbocycles. The van der Waals surface area contributed by atoms with Crippen LogP contribution in [0, 0.1) is 6.92 Å². The summed E-state index contributed by atoms with van der Waals surface area (Å²) in [4.78, 5) is 39.0. The third kappa shape index (κ3) is 5.90. The van der Waals surface area contributed by atoms with Gasteiger partial charge in [-0.25, -0.2) is 4.79 Å². The molecule has 1 aromatic rings. The summed E-state index contributed by atoms with van der Waals surface area (Å²) in [5, 5.41) is 11.9. The highest BCUT2D eigenvalue weighted by Gasteiger charge is 2.10. The van der Waals surface area contributed by atoms with E-state index in [0.29, 0.717) is 11.4 Å². The lowest BCUT2D eigenvalue weighted by atomic mass is 10.2. The number of rotatable bonds is 8. The number of aliphatic hydroxyl groups is 1. The number of aromatic nitrogens is 2. The molecule has 0 unspecified atom stereocenters. The molecule has 1 aromatic heterocycles. The highest BCUT2D eigenvalue weighted by Crippen LogP contribution is 2.04. The normalized spacial score (nSPS) is 12.5. The van der Waals surface area contributed by atoms with E-state index in [1.54, 1.807) is 18.7 Å². The van der Waals surface area contributed by atoms with Crippen molar-refractivity contribution in [1.29, 1.82) is 0 Å². The summed E-state index contributed by atoms with van der Waals surface area (Å²) >= 11 is 1.66. The number of aromatic amines is 2. The van der Waals surface area contributed by atoms with Crippen molar-refractivity contribution in [3.8, 4) is 0 Å². The van der Waals surface area contributed by atoms with E-state index in [-0.39, 0.29) is 18.2 Å². The fourth-order valence-corrected chi connectivity index (χ4v) is 2.66. The molecule has 122 valence electrons. The standard InChI is InChI=1S/C14H21N3O4S/c1-3-6-22-8-10(7-18)16-12(19)5-4-11-9(2)15-14(21)17-13(11)20/h4-5,10,18H,3,6-8H2,1-2H3,(H,16,19)(H2,15,17,20,21)/b5-4+/t10-/m0/s1. The van der Waals surface area contributed by atoms with Crippen molar-refractivity contribution in [2.24, 2.45) is 0 Å². The number of nitrogens with one attached hydrogen (secondary N) is 3. The third-order valence-corrected chi connectivity index (χ3v) is 4.15. The minimum Gasteiger partial charge on any atom is -0.394 e. The van der Waals surface area contributed by atoms with Gasteiger partial charge >= 0.3 is 5.69 Å². The molecular formula is C14H21N3O4S. The first-order chi connectivity index (χ1) is 10.5. The van der Waals surface area contributed by atoms with Gasteiger partial charge in [0, 0.05) is 17.5 Å². The summed E-state index contributed by atoms with van der Waals surface area (Å²) in [5.41, 5.74) is -0.537. The van der Waals surface area contributed by atoms with Crippen molar-refractivity contribution in [1.82, 2.24) is 15.3 Å². The molecule has 22 heavy (non-hydrogen) atoms. The smallest absolute Gasteiger partial charge is 0.325 e. The van der Waals surface area contributed by atoms with Gasteiger partial charge in [0.25, 0.3) is 5.56 Å². The molecule has 0 fully saturated rings. The maximum Gasteiger partial charge on any atom is 0.325 e. The molecule has 0 aliphatic heterocycles. The lowest BCUT2D eigenvalue weighted by Gasteiger charge is -2.14. The number of amides is 1. The van der Waals surface area contributed by atoms with E-state index in [9.17, 15) is 19.5 Å². The Morgan fingerprint density at radius 1 is 1.41 bits per heavy atom. The van der Waals surface area contributed by atoms with Crippen LogP contribution in [0.3, 0.4) is 0 Å². The van der Waals surface area contributed by atoms with E-state index in [2.05, 4.69) is 22.2 Å². The zero-order chi connectivity index (χ0) is 16.5. The zero-order valence-electron chi connectivity index (χ0n) is 12.6. The van der Waals surface area contributed by atoms with Gasteiger partial charge in [0.1, 0.15) is 0 Å². The summed E-state index contributed by atoms with van der Waals surface area (Å²) in [6, 6.07) is -0.330. The summed E-state index contributed by atoms with van der Waals surface area (Å²) in [7, 11) is 0. The largest absolute Gasteiger partial charge is 0.394 e. The quantitative estimate of drug-likeness (QED) is 0.396. The first-order valence-electron chi connectivity index (χ1n) is 6.98. The highest BCUT2D eigenvalue weighted by molar-refractivity contribution is 7.99. The Kier molecular flexibility index (Phi) is 7.69. The van der Waals surface area contributed by atoms with Gasteiger partial charge in [0.05, 0.1) is 18.2 Å². The van der Waals surface area contributed by atoms with Crippen LogP contribution >= 0.6 is 11.8 Å². The van der Waals surface area contributed by atoms with Gasteiger partial charge in [0.2, 0.25) is 5.91 Å². The van der Waals surface area contributed by atoms with Crippen molar-refractivity contribution in [3.63, 3.8) is 0 Å². The lowest BCUT2D eigenvalue weighted by Crippen LogP contribution is -2.38. The monoisotopic (exact) mass is 327 g/mol. The summed E-state index contributed by atoms with van der Waals surface area (Å²) in [6.45, 7) is 3.49. The predicted molar refractivity (Wildman–Crippen MR) is 88.1 cm³/mol. The second-order valence-corrected chi connectivity index (χ2v) is 5.89. The number of carbonyl (C=O) groups is 1. The number of carbonyl (C=O) groups excluding carboxylic acids is 1. The number of thioether (sulfide) groups is 1. The first kappa shape index (κ1) is 18.2. The van der Waals surface area contributed by atoms with Crippen LogP contribution in [0.2, 0.25) is 0 Å². The molecule has 7 nitrogen and oxygen atoms in total. The van der Waals surface area contributed by atoms with E-state index < -0.39 is 17.2 Å². The summed E-state index contributed by atoms with van der Waals surface area (Å²) in [5.74, 6) is 1.19. The molecule has 0 spiro atoms. The predicted octanol–water partition coefficient (Wildman–Crippen LogP) is 0.00512. The van der Waals surface area contributed by atoms with E-state index >= 15 is 0 Å². The minimum atomic E-state index is -0.586. The molecule has 4 N–H and O–H groups in total. The number of aliphatic hydroxyl groups excluding tert-OH is 1. The van der Waals surface area contributed by atoms with Gasteiger partial charge in [-0.2, -0.15) is 11.8 Å². The molecular weight excluding hydrogens is 306 g/mol. The molecule has 0 bridgehead atoms. The molecule has 8 heteroatoms. The Bertz CT molecular complexity index is 636. The SMILES string of the molecule is CCCSC[C@H](CO)NC(=O)/C=C/c1c(C)[nH]c(=O)[nH]c1=O. The maximum atomic E-state index is 11.8. The maximum absolute atomic E-state index is 11.8.